The minimum Gasteiger partial charge on any atom is -0.462 e. The average molecular weight is 359 g/mol. The van der Waals surface area contributed by atoms with Crippen LogP contribution in [-0.4, -0.2) is 28.7 Å². The fourth-order valence-electron chi connectivity index (χ4n) is 3.06. The minimum atomic E-state index is -0.410. The first-order chi connectivity index (χ1) is 12.0. The van der Waals surface area contributed by atoms with Gasteiger partial charge in [0.15, 0.2) is 5.78 Å². The number of benzene rings is 1. The summed E-state index contributed by atoms with van der Waals surface area (Å²) in [6.45, 7) is 8.56. The van der Waals surface area contributed by atoms with Gasteiger partial charge in [-0.05, 0) is 33.3 Å². The summed E-state index contributed by atoms with van der Waals surface area (Å²) in [6.07, 6.45) is 0. The van der Waals surface area contributed by atoms with E-state index in [-0.39, 0.29) is 5.78 Å². The van der Waals surface area contributed by atoms with Crippen molar-refractivity contribution in [2.24, 2.45) is 0 Å². The van der Waals surface area contributed by atoms with Crippen LogP contribution in [0.2, 0.25) is 0 Å². The molecule has 4 nitrogen and oxygen atoms in total. The Hall–Kier alpha value is -2.01. The van der Waals surface area contributed by atoms with Crippen LogP contribution in [0.1, 0.15) is 51.5 Å². The summed E-state index contributed by atoms with van der Waals surface area (Å²) in [5.74, 6) is 0.687. The smallest absolute Gasteiger partial charge is 0.340 e. The van der Waals surface area contributed by atoms with E-state index in [9.17, 15) is 9.59 Å². The largest absolute Gasteiger partial charge is 0.462 e. The number of ether oxygens (including phenoxy) is 1. The molecule has 0 atom stereocenters. The van der Waals surface area contributed by atoms with Crippen LogP contribution in [0.25, 0.3) is 0 Å². The van der Waals surface area contributed by atoms with Gasteiger partial charge in [-0.3, -0.25) is 4.79 Å². The number of aromatic nitrogens is 1. The molecular weight excluding hydrogens is 334 g/mol. The molecule has 2 rings (SSSR count). The quantitative estimate of drug-likeness (QED) is 0.517. The van der Waals surface area contributed by atoms with E-state index in [0.717, 1.165) is 17.1 Å². The van der Waals surface area contributed by atoms with Gasteiger partial charge in [-0.1, -0.05) is 30.3 Å². The molecule has 134 valence electrons. The number of ketones is 1. The van der Waals surface area contributed by atoms with Crippen LogP contribution in [0.15, 0.2) is 30.3 Å². The average Bonchev–Trinajstić information content (AvgIpc) is 2.86. The molecule has 0 radical (unpaired) electrons. The molecule has 5 heteroatoms. The highest BCUT2D eigenvalue weighted by Gasteiger charge is 2.27. The maximum absolute atomic E-state index is 12.8. The Labute approximate surface area is 153 Å². The zero-order valence-corrected chi connectivity index (χ0v) is 16.1. The van der Waals surface area contributed by atoms with Gasteiger partial charge in [0.2, 0.25) is 0 Å². The lowest BCUT2D eigenvalue weighted by atomic mass is 10.1. The third kappa shape index (κ3) is 4.34. The summed E-state index contributed by atoms with van der Waals surface area (Å²) in [7, 11) is 0. The number of thioether (sulfide) groups is 1. The molecule has 0 aliphatic heterocycles. The standard InChI is InChI=1S/C20H25NO3S/c1-5-21-14(3)18(19(15(21)4)20(23)24-6-2)17(22)13-25-12-16-10-8-7-9-11-16/h7-11H,5-6,12-13H2,1-4H3. The van der Waals surface area contributed by atoms with Crippen molar-refractivity contribution in [1.29, 1.82) is 0 Å². The first-order valence-corrected chi connectivity index (χ1v) is 9.68. The zero-order valence-electron chi connectivity index (χ0n) is 15.3. The van der Waals surface area contributed by atoms with Crippen LogP contribution < -0.4 is 0 Å². The van der Waals surface area contributed by atoms with Gasteiger partial charge in [-0.15, -0.1) is 11.8 Å². The lowest BCUT2D eigenvalue weighted by molar-refractivity contribution is 0.0522. The summed E-state index contributed by atoms with van der Waals surface area (Å²) in [6, 6.07) is 10.1. The molecule has 0 N–H and O–H groups in total. The van der Waals surface area contributed by atoms with Crippen LogP contribution in [0.5, 0.6) is 0 Å². The van der Waals surface area contributed by atoms with Crippen molar-refractivity contribution in [2.45, 2.75) is 40.0 Å². The summed E-state index contributed by atoms with van der Waals surface area (Å²) in [5, 5.41) is 0. The maximum Gasteiger partial charge on any atom is 0.340 e. The van der Waals surface area contributed by atoms with E-state index >= 15 is 0 Å². The molecule has 0 amide bonds. The molecule has 0 fully saturated rings. The lowest BCUT2D eigenvalue weighted by Crippen LogP contribution is -2.13. The third-order valence-corrected chi connectivity index (χ3v) is 5.21. The normalized spacial score (nSPS) is 10.7. The predicted octanol–water partition coefficient (Wildman–Crippen LogP) is 4.42. The molecule has 1 aromatic heterocycles. The summed E-state index contributed by atoms with van der Waals surface area (Å²) >= 11 is 1.56. The molecule has 0 unspecified atom stereocenters. The number of Topliss-reactive ketones (excluding diaryl/α,β-unsaturated/α-hetero) is 1. The molecule has 0 aliphatic carbocycles. The Kier molecular flexibility index (Phi) is 6.88. The van der Waals surface area contributed by atoms with E-state index in [1.807, 2.05) is 55.7 Å². The highest BCUT2D eigenvalue weighted by molar-refractivity contribution is 7.99. The van der Waals surface area contributed by atoms with E-state index in [1.165, 1.54) is 5.56 Å². The monoisotopic (exact) mass is 359 g/mol. The second-order valence-corrected chi connectivity index (χ2v) is 6.77. The van der Waals surface area contributed by atoms with E-state index in [0.29, 0.717) is 30.0 Å². The number of hydrogen-bond acceptors (Lipinski definition) is 4. The van der Waals surface area contributed by atoms with Crippen LogP contribution in [0.3, 0.4) is 0 Å². The first-order valence-electron chi connectivity index (χ1n) is 8.52. The molecule has 0 saturated carbocycles. The number of carbonyl (C=O) groups excluding carboxylic acids is 2. The van der Waals surface area contributed by atoms with Gasteiger partial charge in [0, 0.05) is 23.7 Å². The fraction of sp³-hybridized carbons (Fsp3) is 0.400. The zero-order chi connectivity index (χ0) is 18.4. The Morgan fingerprint density at radius 2 is 1.68 bits per heavy atom. The highest BCUT2D eigenvalue weighted by atomic mass is 32.2. The number of carbonyl (C=O) groups is 2. The van der Waals surface area contributed by atoms with Crippen molar-refractivity contribution < 1.29 is 14.3 Å². The van der Waals surface area contributed by atoms with Crippen molar-refractivity contribution in [3.63, 3.8) is 0 Å². The second kappa shape index (κ2) is 8.90. The highest BCUT2D eigenvalue weighted by Crippen LogP contribution is 2.26. The van der Waals surface area contributed by atoms with Gasteiger partial charge in [0.05, 0.1) is 23.5 Å². The molecule has 0 aliphatic rings. The predicted molar refractivity (Wildman–Crippen MR) is 102 cm³/mol. The summed E-state index contributed by atoms with van der Waals surface area (Å²) in [4.78, 5) is 25.2. The number of esters is 1. The number of nitrogens with zero attached hydrogens (tertiary/aromatic N) is 1. The molecule has 0 spiro atoms. The lowest BCUT2D eigenvalue weighted by Gasteiger charge is -2.06. The van der Waals surface area contributed by atoms with E-state index in [2.05, 4.69) is 0 Å². The number of hydrogen-bond donors (Lipinski definition) is 0. The second-order valence-electron chi connectivity index (χ2n) is 5.79. The molecular formula is C20H25NO3S. The molecule has 1 heterocycles. The van der Waals surface area contributed by atoms with Gasteiger partial charge in [0.25, 0.3) is 0 Å². The van der Waals surface area contributed by atoms with Crippen molar-refractivity contribution in [1.82, 2.24) is 4.57 Å². The minimum absolute atomic E-state index is 0.0169. The topological polar surface area (TPSA) is 48.3 Å². The third-order valence-electron chi connectivity index (χ3n) is 4.20. The van der Waals surface area contributed by atoms with E-state index in [1.54, 1.807) is 18.7 Å². The van der Waals surface area contributed by atoms with Crippen molar-refractivity contribution in [2.75, 3.05) is 12.4 Å². The van der Waals surface area contributed by atoms with Crippen molar-refractivity contribution >= 4 is 23.5 Å². The summed E-state index contributed by atoms with van der Waals surface area (Å²) in [5.41, 5.74) is 3.76. The van der Waals surface area contributed by atoms with Crippen LogP contribution >= 0.6 is 11.8 Å². The molecule has 0 bridgehead atoms. The Morgan fingerprint density at radius 3 is 2.28 bits per heavy atom. The van der Waals surface area contributed by atoms with Crippen LogP contribution in [0.4, 0.5) is 0 Å². The van der Waals surface area contributed by atoms with Gasteiger partial charge >= 0.3 is 5.97 Å². The van der Waals surface area contributed by atoms with Crippen LogP contribution in [0, 0.1) is 13.8 Å². The SMILES string of the molecule is CCOC(=O)c1c(C(=O)CSCc2ccccc2)c(C)n(CC)c1C. The van der Waals surface area contributed by atoms with E-state index < -0.39 is 5.97 Å². The van der Waals surface area contributed by atoms with Crippen LogP contribution in [-0.2, 0) is 17.0 Å². The van der Waals surface area contributed by atoms with Crippen molar-refractivity contribution in [3.05, 3.63) is 58.4 Å². The fourth-order valence-corrected chi connectivity index (χ4v) is 3.92. The van der Waals surface area contributed by atoms with Crippen molar-refractivity contribution in [3.8, 4) is 0 Å². The maximum atomic E-state index is 12.8. The van der Waals surface area contributed by atoms with E-state index in [4.69, 9.17) is 4.74 Å². The number of rotatable bonds is 8. The Morgan fingerprint density at radius 1 is 1.04 bits per heavy atom. The van der Waals surface area contributed by atoms with Gasteiger partial charge < -0.3 is 9.30 Å². The summed E-state index contributed by atoms with van der Waals surface area (Å²) < 4.78 is 7.18. The first kappa shape index (κ1) is 19.3. The molecule has 0 saturated heterocycles. The Balaban J connectivity index is 2.21. The molecule has 2 aromatic rings. The molecule has 1 aromatic carbocycles. The van der Waals surface area contributed by atoms with Gasteiger partial charge in [-0.2, -0.15) is 0 Å². The Bertz CT molecular complexity index is 750. The molecule has 25 heavy (non-hydrogen) atoms. The van der Waals surface area contributed by atoms with Gasteiger partial charge in [-0.25, -0.2) is 4.79 Å². The van der Waals surface area contributed by atoms with Gasteiger partial charge in [0.1, 0.15) is 0 Å².